The topological polar surface area (TPSA) is 55.1 Å². The third kappa shape index (κ3) is 3.75. The second kappa shape index (κ2) is 7.25. The Morgan fingerprint density at radius 2 is 1.73 bits per heavy atom. The Balaban J connectivity index is 1.64. The smallest absolute Gasteiger partial charge is 0.273 e. The van der Waals surface area contributed by atoms with Crippen LogP contribution in [-0.2, 0) is 0 Å². The van der Waals surface area contributed by atoms with Gasteiger partial charge in [-0.3, -0.25) is 4.79 Å². The Bertz CT molecular complexity index is 599. The highest BCUT2D eigenvalue weighted by Crippen LogP contribution is 2.21. The first-order valence-electron chi connectivity index (χ1n) is 8.16. The molecule has 1 aliphatic rings. The molecule has 1 fully saturated rings. The van der Waals surface area contributed by atoms with E-state index >= 15 is 0 Å². The van der Waals surface area contributed by atoms with E-state index in [2.05, 4.69) is 10.5 Å². The molecule has 1 heterocycles. The van der Waals surface area contributed by atoms with Crippen molar-refractivity contribution in [2.75, 3.05) is 0 Å². The SMILES string of the molecule is O=C(NC1CCCCCCC1)c1cc(-c2ccccc2)on1. The molecule has 0 saturated heterocycles. The summed E-state index contributed by atoms with van der Waals surface area (Å²) in [5.74, 6) is 0.500. The molecule has 0 unspecified atom stereocenters. The van der Waals surface area contributed by atoms with Crippen LogP contribution in [-0.4, -0.2) is 17.1 Å². The monoisotopic (exact) mass is 298 g/mol. The molecule has 0 aliphatic heterocycles. The molecular weight excluding hydrogens is 276 g/mol. The summed E-state index contributed by atoms with van der Waals surface area (Å²) in [6.07, 6.45) is 8.38. The summed E-state index contributed by atoms with van der Waals surface area (Å²) < 4.78 is 5.29. The molecule has 4 heteroatoms. The number of amides is 1. The Morgan fingerprint density at radius 1 is 1.05 bits per heavy atom. The van der Waals surface area contributed by atoms with Gasteiger partial charge in [-0.25, -0.2) is 0 Å². The van der Waals surface area contributed by atoms with Crippen molar-refractivity contribution in [2.45, 2.75) is 51.0 Å². The molecule has 0 bridgehead atoms. The minimum absolute atomic E-state index is 0.128. The van der Waals surface area contributed by atoms with E-state index in [4.69, 9.17) is 4.52 Å². The van der Waals surface area contributed by atoms with E-state index in [-0.39, 0.29) is 11.9 Å². The van der Waals surface area contributed by atoms with Crippen molar-refractivity contribution in [1.82, 2.24) is 10.5 Å². The third-order valence-electron chi connectivity index (χ3n) is 4.24. The van der Waals surface area contributed by atoms with Crippen LogP contribution in [0.5, 0.6) is 0 Å². The minimum Gasteiger partial charge on any atom is -0.355 e. The molecule has 1 aromatic carbocycles. The largest absolute Gasteiger partial charge is 0.355 e. The fourth-order valence-corrected chi connectivity index (χ4v) is 2.98. The zero-order valence-corrected chi connectivity index (χ0v) is 12.8. The number of hydrogen-bond donors (Lipinski definition) is 1. The number of nitrogens with one attached hydrogen (secondary N) is 1. The van der Waals surface area contributed by atoms with Gasteiger partial charge < -0.3 is 9.84 Å². The lowest BCUT2D eigenvalue weighted by molar-refractivity contribution is 0.0921. The lowest BCUT2D eigenvalue weighted by Crippen LogP contribution is -2.35. The lowest BCUT2D eigenvalue weighted by atomic mass is 9.96. The van der Waals surface area contributed by atoms with Crippen molar-refractivity contribution in [3.05, 3.63) is 42.1 Å². The summed E-state index contributed by atoms with van der Waals surface area (Å²) in [6.45, 7) is 0. The first-order chi connectivity index (χ1) is 10.8. The van der Waals surface area contributed by atoms with E-state index in [0.29, 0.717) is 11.5 Å². The van der Waals surface area contributed by atoms with Crippen LogP contribution in [0.15, 0.2) is 40.9 Å². The van der Waals surface area contributed by atoms with Crippen LogP contribution >= 0.6 is 0 Å². The zero-order chi connectivity index (χ0) is 15.2. The molecule has 1 aliphatic carbocycles. The Morgan fingerprint density at radius 3 is 2.45 bits per heavy atom. The van der Waals surface area contributed by atoms with Crippen molar-refractivity contribution in [3.8, 4) is 11.3 Å². The van der Waals surface area contributed by atoms with Gasteiger partial charge in [0.1, 0.15) is 0 Å². The van der Waals surface area contributed by atoms with Crippen molar-refractivity contribution < 1.29 is 9.32 Å². The van der Waals surface area contributed by atoms with E-state index < -0.39 is 0 Å². The molecule has 4 nitrogen and oxygen atoms in total. The van der Waals surface area contributed by atoms with E-state index in [9.17, 15) is 4.79 Å². The lowest BCUT2D eigenvalue weighted by Gasteiger charge is -2.20. The van der Waals surface area contributed by atoms with Crippen LogP contribution in [0, 0.1) is 0 Å². The Kier molecular flexibility index (Phi) is 4.88. The van der Waals surface area contributed by atoms with Crippen LogP contribution in [0.2, 0.25) is 0 Å². The zero-order valence-electron chi connectivity index (χ0n) is 12.8. The normalized spacial score (nSPS) is 16.7. The minimum atomic E-state index is -0.128. The standard InChI is InChI=1S/C18H22N2O2/c21-18(19-15-11-7-2-1-3-8-12-15)16-13-17(22-20-16)14-9-5-4-6-10-14/h4-6,9-10,13,15H,1-3,7-8,11-12H2,(H,19,21). The van der Waals surface area contributed by atoms with Gasteiger partial charge in [-0.15, -0.1) is 0 Å². The number of carbonyl (C=O) groups excluding carboxylic acids is 1. The van der Waals surface area contributed by atoms with Gasteiger partial charge >= 0.3 is 0 Å². The molecule has 1 saturated carbocycles. The van der Waals surface area contributed by atoms with Crippen LogP contribution in [0.4, 0.5) is 0 Å². The summed E-state index contributed by atoms with van der Waals surface area (Å²) in [7, 11) is 0. The predicted molar refractivity (Wildman–Crippen MR) is 85.5 cm³/mol. The molecule has 1 amide bonds. The van der Waals surface area contributed by atoms with Gasteiger partial charge in [0.15, 0.2) is 11.5 Å². The van der Waals surface area contributed by atoms with Crippen LogP contribution < -0.4 is 5.32 Å². The molecule has 0 radical (unpaired) electrons. The average Bonchev–Trinajstić information content (AvgIpc) is 3.01. The number of nitrogens with zero attached hydrogens (tertiary/aromatic N) is 1. The van der Waals surface area contributed by atoms with Crippen molar-refractivity contribution in [1.29, 1.82) is 0 Å². The number of rotatable bonds is 3. The van der Waals surface area contributed by atoms with Crippen LogP contribution in [0.3, 0.4) is 0 Å². The van der Waals surface area contributed by atoms with Crippen molar-refractivity contribution in [3.63, 3.8) is 0 Å². The average molecular weight is 298 g/mol. The fourth-order valence-electron chi connectivity index (χ4n) is 2.98. The van der Waals surface area contributed by atoms with E-state index in [1.54, 1.807) is 6.07 Å². The Labute approximate surface area is 130 Å². The summed E-state index contributed by atoms with van der Waals surface area (Å²) in [5.41, 5.74) is 1.29. The quantitative estimate of drug-likeness (QED) is 0.924. The number of carbonyl (C=O) groups is 1. The van der Waals surface area contributed by atoms with Gasteiger partial charge in [-0.2, -0.15) is 0 Å². The highest BCUT2D eigenvalue weighted by atomic mass is 16.5. The van der Waals surface area contributed by atoms with Crippen molar-refractivity contribution in [2.24, 2.45) is 0 Å². The first kappa shape index (κ1) is 14.8. The maximum absolute atomic E-state index is 12.3. The van der Waals surface area contributed by atoms with Crippen LogP contribution in [0.25, 0.3) is 11.3 Å². The second-order valence-electron chi connectivity index (χ2n) is 5.96. The fraction of sp³-hybridized carbons (Fsp3) is 0.444. The summed E-state index contributed by atoms with van der Waals surface area (Å²) >= 11 is 0. The van der Waals surface area contributed by atoms with Crippen molar-refractivity contribution >= 4 is 5.91 Å². The van der Waals surface area contributed by atoms with E-state index in [0.717, 1.165) is 18.4 Å². The molecule has 3 rings (SSSR count). The number of benzene rings is 1. The predicted octanol–water partition coefficient (Wildman–Crippen LogP) is 4.18. The molecular formula is C18H22N2O2. The molecule has 22 heavy (non-hydrogen) atoms. The van der Waals surface area contributed by atoms with Gasteiger partial charge in [0, 0.05) is 17.7 Å². The maximum Gasteiger partial charge on any atom is 0.273 e. The first-order valence-corrected chi connectivity index (χ1v) is 8.16. The van der Waals surface area contributed by atoms with Gasteiger partial charge in [0.25, 0.3) is 5.91 Å². The van der Waals surface area contributed by atoms with Gasteiger partial charge in [-0.1, -0.05) is 67.6 Å². The molecule has 0 spiro atoms. The molecule has 1 aromatic heterocycles. The van der Waals surface area contributed by atoms with E-state index in [1.807, 2.05) is 30.3 Å². The van der Waals surface area contributed by atoms with Gasteiger partial charge in [0.05, 0.1) is 0 Å². The van der Waals surface area contributed by atoms with Gasteiger partial charge in [-0.05, 0) is 12.8 Å². The third-order valence-corrected chi connectivity index (χ3v) is 4.24. The Hall–Kier alpha value is -2.10. The number of aromatic nitrogens is 1. The van der Waals surface area contributed by atoms with Gasteiger partial charge in [0.2, 0.25) is 0 Å². The summed E-state index contributed by atoms with van der Waals surface area (Å²) in [6, 6.07) is 11.7. The molecule has 0 atom stereocenters. The summed E-state index contributed by atoms with van der Waals surface area (Å²) in [4.78, 5) is 12.3. The molecule has 2 aromatic rings. The number of hydrogen-bond acceptors (Lipinski definition) is 3. The second-order valence-corrected chi connectivity index (χ2v) is 5.96. The molecule has 116 valence electrons. The molecule has 1 N–H and O–H groups in total. The van der Waals surface area contributed by atoms with E-state index in [1.165, 1.54) is 32.1 Å². The highest BCUT2D eigenvalue weighted by Gasteiger charge is 2.18. The summed E-state index contributed by atoms with van der Waals surface area (Å²) in [5, 5.41) is 7.02. The van der Waals surface area contributed by atoms with Crippen LogP contribution in [0.1, 0.15) is 55.4 Å². The highest BCUT2D eigenvalue weighted by molar-refractivity contribution is 5.93. The maximum atomic E-state index is 12.3.